The van der Waals surface area contributed by atoms with E-state index in [1.165, 1.54) is 0 Å². The zero-order valence-electron chi connectivity index (χ0n) is 10.5. The molecular weight excluding hydrogens is 310 g/mol. The lowest BCUT2D eigenvalue weighted by Crippen LogP contribution is -2.34. The van der Waals surface area contributed by atoms with Gasteiger partial charge >= 0.3 is 0 Å². The smallest absolute Gasteiger partial charge is 0.224 e. The number of fused-ring (bicyclic) bond motifs is 1. The van der Waals surface area contributed by atoms with E-state index in [2.05, 4.69) is 50.9 Å². The van der Waals surface area contributed by atoms with E-state index in [1.54, 1.807) is 12.5 Å². The van der Waals surface area contributed by atoms with Crippen molar-refractivity contribution in [2.24, 2.45) is 0 Å². The van der Waals surface area contributed by atoms with Gasteiger partial charge in [0.05, 0.1) is 11.0 Å². The van der Waals surface area contributed by atoms with Gasteiger partial charge in [-0.05, 0) is 22.9 Å². The summed E-state index contributed by atoms with van der Waals surface area (Å²) >= 11 is 3.51. The van der Waals surface area contributed by atoms with E-state index in [9.17, 15) is 0 Å². The molecule has 100 valence electrons. The van der Waals surface area contributed by atoms with Crippen LogP contribution in [-0.4, -0.2) is 37.8 Å². The Hall–Kier alpha value is -1.70. The largest absolute Gasteiger partial charge is 0.354 e. The quantitative estimate of drug-likeness (QED) is 0.917. The van der Waals surface area contributed by atoms with Gasteiger partial charge in [-0.3, -0.25) is 0 Å². The topological polar surface area (TPSA) is 71.8 Å². The third kappa shape index (κ3) is 2.40. The summed E-state index contributed by atoms with van der Waals surface area (Å²) in [5.41, 5.74) is 0. The van der Waals surface area contributed by atoms with Crippen LogP contribution in [0.15, 0.2) is 17.0 Å². The molecular formula is C11H14BrN7. The van der Waals surface area contributed by atoms with Gasteiger partial charge in [0.25, 0.3) is 0 Å². The summed E-state index contributed by atoms with van der Waals surface area (Å²) in [6.07, 6.45) is 3.55. The predicted molar refractivity (Wildman–Crippen MR) is 75.0 cm³/mol. The lowest BCUT2D eigenvalue weighted by molar-refractivity contribution is 0.555. The molecule has 0 aromatic carbocycles. The Morgan fingerprint density at radius 1 is 1.42 bits per heavy atom. The van der Waals surface area contributed by atoms with Crippen LogP contribution in [0.3, 0.4) is 0 Å². The molecule has 8 heteroatoms. The van der Waals surface area contributed by atoms with Crippen LogP contribution < -0.4 is 10.2 Å². The van der Waals surface area contributed by atoms with Crippen LogP contribution in [0, 0.1) is 0 Å². The Kier molecular flexibility index (Phi) is 3.33. The van der Waals surface area contributed by atoms with Gasteiger partial charge in [-0.2, -0.15) is 4.98 Å². The Morgan fingerprint density at radius 2 is 2.32 bits per heavy atom. The fourth-order valence-corrected chi connectivity index (χ4v) is 2.51. The Labute approximate surface area is 119 Å². The van der Waals surface area contributed by atoms with Crippen LogP contribution in [0.25, 0.3) is 0 Å². The summed E-state index contributed by atoms with van der Waals surface area (Å²) in [7, 11) is 0. The lowest BCUT2D eigenvalue weighted by atomic mass is 10.3. The average Bonchev–Trinajstić information content (AvgIpc) is 2.88. The van der Waals surface area contributed by atoms with Crippen molar-refractivity contribution in [2.75, 3.05) is 23.3 Å². The maximum absolute atomic E-state index is 4.54. The van der Waals surface area contributed by atoms with Gasteiger partial charge in [0.15, 0.2) is 5.82 Å². The number of hydrogen-bond donors (Lipinski definition) is 1. The van der Waals surface area contributed by atoms with Gasteiger partial charge < -0.3 is 14.8 Å². The highest BCUT2D eigenvalue weighted by Gasteiger charge is 2.21. The molecule has 1 N–H and O–H groups in total. The minimum atomic E-state index is 0.646. The van der Waals surface area contributed by atoms with E-state index < -0.39 is 0 Å². The van der Waals surface area contributed by atoms with Gasteiger partial charge in [0.2, 0.25) is 5.95 Å². The lowest BCUT2D eigenvalue weighted by Gasteiger charge is -2.28. The van der Waals surface area contributed by atoms with Gasteiger partial charge in [-0.15, -0.1) is 10.2 Å². The highest BCUT2D eigenvalue weighted by molar-refractivity contribution is 9.10. The van der Waals surface area contributed by atoms with E-state index in [0.717, 1.165) is 35.7 Å². The Balaban J connectivity index is 1.88. The fourth-order valence-electron chi connectivity index (χ4n) is 2.07. The zero-order chi connectivity index (χ0) is 13.2. The van der Waals surface area contributed by atoms with Crippen LogP contribution in [0.5, 0.6) is 0 Å². The van der Waals surface area contributed by atoms with Crippen LogP contribution in [0.1, 0.15) is 12.7 Å². The molecule has 0 unspecified atom stereocenters. The normalized spacial score (nSPS) is 14.3. The zero-order valence-corrected chi connectivity index (χ0v) is 12.1. The molecule has 3 rings (SSSR count). The summed E-state index contributed by atoms with van der Waals surface area (Å²) in [6, 6.07) is 0. The SMILES string of the molecule is CCNc1ncc(Br)c(N2CCn3cnnc3C2)n1. The molecule has 0 bridgehead atoms. The molecule has 0 amide bonds. The van der Waals surface area contributed by atoms with Crippen molar-refractivity contribution in [1.29, 1.82) is 0 Å². The summed E-state index contributed by atoms with van der Waals surface area (Å²) in [5, 5.41) is 11.2. The van der Waals surface area contributed by atoms with E-state index in [4.69, 9.17) is 0 Å². The van der Waals surface area contributed by atoms with Gasteiger partial charge in [-0.25, -0.2) is 4.98 Å². The second-order valence-corrected chi connectivity index (χ2v) is 5.11. The first-order valence-electron chi connectivity index (χ1n) is 6.16. The molecule has 0 fully saturated rings. The number of nitrogens with one attached hydrogen (secondary N) is 1. The number of rotatable bonds is 3. The van der Waals surface area contributed by atoms with Crippen LogP contribution >= 0.6 is 15.9 Å². The molecule has 2 aromatic rings. The fraction of sp³-hybridized carbons (Fsp3) is 0.455. The van der Waals surface area contributed by atoms with E-state index in [-0.39, 0.29) is 0 Å². The monoisotopic (exact) mass is 323 g/mol. The molecule has 0 saturated heterocycles. The third-order valence-electron chi connectivity index (χ3n) is 3.00. The van der Waals surface area contributed by atoms with Gasteiger partial charge in [0, 0.05) is 25.8 Å². The third-order valence-corrected chi connectivity index (χ3v) is 3.56. The van der Waals surface area contributed by atoms with Crippen LogP contribution in [0.4, 0.5) is 11.8 Å². The molecule has 0 saturated carbocycles. The second-order valence-electron chi connectivity index (χ2n) is 4.26. The molecule has 7 nitrogen and oxygen atoms in total. The van der Waals surface area contributed by atoms with Gasteiger partial charge in [-0.1, -0.05) is 0 Å². The van der Waals surface area contributed by atoms with E-state index >= 15 is 0 Å². The molecule has 3 heterocycles. The number of hydrogen-bond acceptors (Lipinski definition) is 6. The second kappa shape index (κ2) is 5.12. The maximum atomic E-state index is 4.54. The number of nitrogens with zero attached hydrogens (tertiary/aromatic N) is 6. The first-order valence-corrected chi connectivity index (χ1v) is 6.95. The summed E-state index contributed by atoms with van der Waals surface area (Å²) in [6.45, 7) is 5.28. The molecule has 0 spiro atoms. The minimum Gasteiger partial charge on any atom is -0.354 e. The maximum Gasteiger partial charge on any atom is 0.224 e. The van der Waals surface area contributed by atoms with Crippen molar-refractivity contribution >= 4 is 27.7 Å². The van der Waals surface area contributed by atoms with Crippen LogP contribution in [0.2, 0.25) is 0 Å². The molecule has 1 aliphatic heterocycles. The predicted octanol–water partition coefficient (Wildman–Crippen LogP) is 1.28. The van der Waals surface area contributed by atoms with Crippen molar-refractivity contribution in [3.63, 3.8) is 0 Å². The van der Waals surface area contributed by atoms with Crippen LogP contribution in [-0.2, 0) is 13.1 Å². The van der Waals surface area contributed by atoms with Crippen molar-refractivity contribution in [1.82, 2.24) is 24.7 Å². The first-order chi connectivity index (χ1) is 9.28. The molecule has 2 aromatic heterocycles. The number of halogens is 1. The molecule has 0 aliphatic carbocycles. The molecule has 0 radical (unpaired) electrons. The average molecular weight is 324 g/mol. The van der Waals surface area contributed by atoms with Crippen molar-refractivity contribution in [2.45, 2.75) is 20.0 Å². The highest BCUT2D eigenvalue weighted by Crippen LogP contribution is 2.26. The molecule has 0 atom stereocenters. The molecule has 19 heavy (non-hydrogen) atoms. The highest BCUT2D eigenvalue weighted by atomic mass is 79.9. The molecule has 1 aliphatic rings. The standard InChI is InChI=1S/C11H14BrN7/c1-2-13-11-14-5-8(12)10(16-11)18-3-4-19-7-15-17-9(19)6-18/h5,7H,2-4,6H2,1H3,(H,13,14,16). The number of aromatic nitrogens is 5. The van der Waals surface area contributed by atoms with Crippen molar-refractivity contribution in [3.8, 4) is 0 Å². The number of anilines is 2. The van der Waals surface area contributed by atoms with Gasteiger partial charge in [0.1, 0.15) is 12.1 Å². The summed E-state index contributed by atoms with van der Waals surface area (Å²) in [4.78, 5) is 10.9. The Bertz CT molecular complexity index is 582. The summed E-state index contributed by atoms with van der Waals surface area (Å²) in [5.74, 6) is 2.50. The van der Waals surface area contributed by atoms with E-state index in [1.807, 2.05) is 6.92 Å². The van der Waals surface area contributed by atoms with E-state index in [0.29, 0.717) is 12.5 Å². The van der Waals surface area contributed by atoms with Crippen molar-refractivity contribution in [3.05, 3.63) is 22.8 Å². The minimum absolute atomic E-state index is 0.646. The first kappa shape index (κ1) is 12.3. The van der Waals surface area contributed by atoms with Crippen molar-refractivity contribution < 1.29 is 0 Å². The summed E-state index contributed by atoms with van der Waals surface area (Å²) < 4.78 is 2.96. The Morgan fingerprint density at radius 3 is 3.16 bits per heavy atom.